The van der Waals surface area contributed by atoms with Crippen LogP contribution in [0.1, 0.15) is 11.1 Å². The summed E-state index contributed by atoms with van der Waals surface area (Å²) in [6, 6.07) is 21.0. The van der Waals surface area contributed by atoms with E-state index >= 15 is 0 Å². The molecule has 0 aliphatic carbocycles. The maximum atomic E-state index is 2.24. The minimum absolute atomic E-state index is 0.846. The molecule has 1 heteroatoms. The molecule has 0 saturated heterocycles. The molecular formula is C17H20N+. The highest BCUT2D eigenvalue weighted by Gasteiger charge is 2.11. The quantitative estimate of drug-likeness (QED) is 0.708. The third kappa shape index (κ3) is 3.86. The van der Waals surface area contributed by atoms with Crippen LogP contribution in [0.25, 0.3) is 6.08 Å². The summed E-state index contributed by atoms with van der Waals surface area (Å²) in [7, 11) is 4.43. The zero-order chi connectivity index (χ0) is 12.8. The summed E-state index contributed by atoms with van der Waals surface area (Å²) in [5.41, 5.74) is 2.61. The Hall–Kier alpha value is -1.86. The van der Waals surface area contributed by atoms with Gasteiger partial charge in [-0.15, -0.1) is 0 Å². The molecule has 0 N–H and O–H groups in total. The fourth-order valence-electron chi connectivity index (χ4n) is 1.96. The fourth-order valence-corrected chi connectivity index (χ4v) is 1.96. The van der Waals surface area contributed by atoms with Crippen molar-refractivity contribution < 1.29 is 4.48 Å². The number of rotatable bonds is 4. The van der Waals surface area contributed by atoms with E-state index in [0.29, 0.717) is 0 Å². The van der Waals surface area contributed by atoms with Gasteiger partial charge in [-0.3, -0.25) is 4.48 Å². The van der Waals surface area contributed by atoms with E-state index in [1.54, 1.807) is 0 Å². The van der Waals surface area contributed by atoms with Crippen LogP contribution in [0.2, 0.25) is 0 Å². The molecule has 0 radical (unpaired) electrons. The molecule has 92 valence electrons. The Kier molecular flexibility index (Phi) is 3.96. The molecule has 2 rings (SSSR count). The highest BCUT2D eigenvalue weighted by atomic mass is 15.3. The monoisotopic (exact) mass is 238 g/mol. The van der Waals surface area contributed by atoms with Crippen molar-refractivity contribution in [1.82, 2.24) is 0 Å². The molecule has 2 aromatic carbocycles. The van der Waals surface area contributed by atoms with Gasteiger partial charge >= 0.3 is 0 Å². The largest absolute Gasteiger partial charge is 0.298 e. The molecule has 2 aromatic rings. The fraction of sp³-hybridized carbons (Fsp3) is 0.176. The molecule has 0 aliphatic rings. The number of hydrogen-bond acceptors (Lipinski definition) is 0. The van der Waals surface area contributed by atoms with Crippen molar-refractivity contribution in [1.29, 1.82) is 0 Å². The van der Waals surface area contributed by atoms with Crippen LogP contribution in [-0.4, -0.2) is 18.6 Å². The molecule has 0 saturated carbocycles. The predicted molar refractivity (Wildman–Crippen MR) is 77.7 cm³/mol. The van der Waals surface area contributed by atoms with Crippen LogP contribution in [0.4, 0.5) is 0 Å². The minimum Gasteiger partial charge on any atom is -0.298 e. The van der Waals surface area contributed by atoms with Crippen LogP contribution in [0.5, 0.6) is 0 Å². The van der Waals surface area contributed by atoms with Crippen LogP contribution in [0, 0.1) is 0 Å². The molecule has 0 bridgehead atoms. The second-order valence-electron chi connectivity index (χ2n) is 5.15. The lowest BCUT2D eigenvalue weighted by molar-refractivity contribution is -0.852. The first-order valence-electron chi connectivity index (χ1n) is 6.27. The third-order valence-corrected chi connectivity index (χ3v) is 2.90. The van der Waals surface area contributed by atoms with Crippen molar-refractivity contribution in [3.63, 3.8) is 0 Å². The first-order valence-corrected chi connectivity index (χ1v) is 6.27. The second kappa shape index (κ2) is 5.65. The van der Waals surface area contributed by atoms with Gasteiger partial charge < -0.3 is 0 Å². The molecule has 0 heterocycles. The summed E-state index contributed by atoms with van der Waals surface area (Å²) >= 11 is 0. The predicted octanol–water partition coefficient (Wildman–Crippen LogP) is 3.93. The molecule has 0 aliphatic heterocycles. The number of quaternary nitrogens is 1. The van der Waals surface area contributed by atoms with Crippen LogP contribution < -0.4 is 0 Å². The highest BCUT2D eigenvalue weighted by molar-refractivity contribution is 5.47. The Bertz CT molecular complexity index is 498. The SMILES string of the molecule is C[N+](C)(C=Cc1ccccc1)Cc1ccccc1. The Labute approximate surface area is 110 Å². The number of benzene rings is 2. The van der Waals surface area contributed by atoms with Gasteiger partial charge in [0.15, 0.2) is 0 Å². The summed E-state index contributed by atoms with van der Waals surface area (Å²) < 4.78 is 0.846. The standard InChI is InChI=1S/C17H20N/c1-18(2,15-17-11-7-4-8-12-17)14-13-16-9-5-3-6-10-16/h3-14H,15H2,1-2H3/q+1. The molecule has 0 spiro atoms. The average molecular weight is 238 g/mol. The summed E-state index contributed by atoms with van der Waals surface area (Å²) in [6.07, 6.45) is 4.42. The van der Waals surface area contributed by atoms with Crippen molar-refractivity contribution in [3.8, 4) is 0 Å². The van der Waals surface area contributed by atoms with Gasteiger partial charge in [0.1, 0.15) is 6.54 Å². The number of nitrogens with zero attached hydrogens (tertiary/aromatic N) is 1. The van der Waals surface area contributed by atoms with Gasteiger partial charge in [-0.2, -0.15) is 0 Å². The van der Waals surface area contributed by atoms with Crippen LogP contribution in [0.15, 0.2) is 66.9 Å². The third-order valence-electron chi connectivity index (χ3n) is 2.90. The van der Waals surface area contributed by atoms with Gasteiger partial charge in [0.05, 0.1) is 20.3 Å². The maximum absolute atomic E-state index is 2.24. The van der Waals surface area contributed by atoms with Crippen LogP contribution >= 0.6 is 0 Å². The molecule has 0 fully saturated rings. The molecule has 0 atom stereocenters. The van der Waals surface area contributed by atoms with Gasteiger partial charge in [-0.05, 0) is 11.6 Å². The lowest BCUT2D eigenvalue weighted by atomic mass is 10.2. The Morgan fingerprint density at radius 2 is 1.39 bits per heavy atom. The molecule has 18 heavy (non-hydrogen) atoms. The van der Waals surface area contributed by atoms with E-state index in [0.717, 1.165) is 11.0 Å². The normalized spacial score (nSPS) is 11.9. The van der Waals surface area contributed by atoms with E-state index in [-0.39, 0.29) is 0 Å². The van der Waals surface area contributed by atoms with Gasteiger partial charge in [-0.1, -0.05) is 60.7 Å². The van der Waals surface area contributed by atoms with Crippen LogP contribution in [-0.2, 0) is 6.54 Å². The maximum Gasteiger partial charge on any atom is 0.108 e. The molecule has 0 amide bonds. The van der Waals surface area contributed by atoms with Gasteiger partial charge in [0.25, 0.3) is 0 Å². The van der Waals surface area contributed by atoms with E-state index in [9.17, 15) is 0 Å². The van der Waals surface area contributed by atoms with Gasteiger partial charge in [0, 0.05) is 5.56 Å². The Balaban J connectivity index is 2.06. The van der Waals surface area contributed by atoms with E-state index in [1.807, 2.05) is 6.07 Å². The van der Waals surface area contributed by atoms with Crippen molar-refractivity contribution in [3.05, 3.63) is 78.0 Å². The van der Waals surface area contributed by atoms with Crippen molar-refractivity contribution >= 4 is 6.08 Å². The average Bonchev–Trinajstić information content (AvgIpc) is 2.38. The summed E-state index contributed by atoms with van der Waals surface area (Å²) in [4.78, 5) is 0. The van der Waals surface area contributed by atoms with Crippen molar-refractivity contribution in [2.75, 3.05) is 14.1 Å². The first kappa shape index (κ1) is 12.6. The Morgan fingerprint density at radius 3 is 2.00 bits per heavy atom. The zero-order valence-electron chi connectivity index (χ0n) is 11.1. The van der Waals surface area contributed by atoms with E-state index in [2.05, 4.69) is 81.0 Å². The van der Waals surface area contributed by atoms with Gasteiger partial charge in [0.2, 0.25) is 0 Å². The summed E-state index contributed by atoms with van der Waals surface area (Å²) in [5, 5.41) is 0. The minimum atomic E-state index is 0.846. The topological polar surface area (TPSA) is 0 Å². The van der Waals surface area contributed by atoms with Gasteiger partial charge in [-0.25, -0.2) is 0 Å². The van der Waals surface area contributed by atoms with E-state index in [1.165, 1.54) is 11.1 Å². The van der Waals surface area contributed by atoms with Crippen molar-refractivity contribution in [2.45, 2.75) is 6.54 Å². The molecule has 0 aromatic heterocycles. The van der Waals surface area contributed by atoms with Crippen molar-refractivity contribution in [2.24, 2.45) is 0 Å². The lowest BCUT2D eigenvalue weighted by Gasteiger charge is -2.25. The van der Waals surface area contributed by atoms with Crippen LogP contribution in [0.3, 0.4) is 0 Å². The summed E-state index contributed by atoms with van der Waals surface area (Å²) in [5.74, 6) is 0. The second-order valence-corrected chi connectivity index (χ2v) is 5.15. The van der Waals surface area contributed by atoms with E-state index in [4.69, 9.17) is 0 Å². The van der Waals surface area contributed by atoms with E-state index < -0.39 is 0 Å². The molecular weight excluding hydrogens is 218 g/mol. The lowest BCUT2D eigenvalue weighted by Crippen LogP contribution is -2.32. The highest BCUT2D eigenvalue weighted by Crippen LogP contribution is 2.11. The molecule has 1 nitrogen and oxygen atoms in total. The smallest absolute Gasteiger partial charge is 0.108 e. The first-order chi connectivity index (χ1) is 8.66. The molecule has 0 unspecified atom stereocenters. The Morgan fingerprint density at radius 1 is 0.833 bits per heavy atom. The number of hydrogen-bond donors (Lipinski definition) is 0. The summed E-state index contributed by atoms with van der Waals surface area (Å²) in [6.45, 7) is 1.00. The zero-order valence-corrected chi connectivity index (χ0v) is 11.1.